The third-order valence-electron chi connectivity index (χ3n) is 4.25. The van der Waals surface area contributed by atoms with Gasteiger partial charge >= 0.3 is 5.97 Å². The Balaban J connectivity index is 1.62. The second-order valence-electron chi connectivity index (χ2n) is 5.79. The number of fused-ring (bicyclic) bond motifs is 1. The van der Waals surface area contributed by atoms with Crippen molar-refractivity contribution in [2.45, 2.75) is 13.0 Å². The lowest BCUT2D eigenvalue weighted by Crippen LogP contribution is -2.33. The summed E-state index contributed by atoms with van der Waals surface area (Å²) in [6.45, 7) is 1.60. The van der Waals surface area contributed by atoms with Crippen LogP contribution in [-0.4, -0.2) is 40.6 Å². The summed E-state index contributed by atoms with van der Waals surface area (Å²) >= 11 is 0. The Morgan fingerprint density at radius 2 is 1.80 bits per heavy atom. The molecule has 1 unspecified atom stereocenters. The fourth-order valence-corrected chi connectivity index (χ4v) is 2.59. The van der Waals surface area contributed by atoms with Crippen LogP contribution in [-0.2, 0) is 9.53 Å². The molecule has 0 aliphatic heterocycles. The molecule has 1 heterocycles. The Bertz CT molecular complexity index is 889. The monoisotopic (exact) mass is 337 g/mol. The number of benzene rings is 2. The van der Waals surface area contributed by atoms with E-state index in [2.05, 4.69) is 10.2 Å². The van der Waals surface area contributed by atoms with Gasteiger partial charge in [-0.15, -0.1) is 0 Å². The Kier molecular flexibility index (Phi) is 4.79. The van der Waals surface area contributed by atoms with Gasteiger partial charge in [0.05, 0.1) is 11.6 Å². The zero-order valence-corrected chi connectivity index (χ0v) is 14.1. The van der Waals surface area contributed by atoms with Crippen molar-refractivity contribution in [3.63, 3.8) is 0 Å². The van der Waals surface area contributed by atoms with E-state index in [-0.39, 0.29) is 24.2 Å². The second kappa shape index (κ2) is 7.17. The summed E-state index contributed by atoms with van der Waals surface area (Å²) in [6.07, 6.45) is 0. The van der Waals surface area contributed by atoms with Crippen LogP contribution in [0.1, 0.15) is 29.0 Å². The molecule has 1 aromatic heterocycles. The zero-order chi connectivity index (χ0) is 17.8. The highest BCUT2D eigenvalue weighted by Crippen LogP contribution is 2.19. The molecule has 3 aromatic rings. The first-order valence-corrected chi connectivity index (χ1v) is 7.98. The third kappa shape index (κ3) is 3.52. The summed E-state index contributed by atoms with van der Waals surface area (Å²) in [4.78, 5) is 26.1. The molecular formula is C19H19N3O3. The zero-order valence-electron chi connectivity index (χ0n) is 14.1. The van der Waals surface area contributed by atoms with Crippen molar-refractivity contribution in [2.24, 2.45) is 0 Å². The van der Waals surface area contributed by atoms with Crippen LogP contribution in [0.5, 0.6) is 0 Å². The average Bonchev–Trinajstić information content (AvgIpc) is 3.09. The molecule has 0 saturated carbocycles. The van der Waals surface area contributed by atoms with E-state index in [1.807, 2.05) is 55.5 Å². The van der Waals surface area contributed by atoms with Gasteiger partial charge in [0, 0.05) is 12.4 Å². The molecule has 0 aliphatic carbocycles. The number of aromatic nitrogens is 2. The van der Waals surface area contributed by atoms with Crippen molar-refractivity contribution in [3.05, 3.63) is 65.9 Å². The van der Waals surface area contributed by atoms with Gasteiger partial charge in [-0.1, -0.05) is 48.5 Å². The van der Waals surface area contributed by atoms with Crippen LogP contribution in [0.15, 0.2) is 54.6 Å². The molecule has 1 amide bonds. The summed E-state index contributed by atoms with van der Waals surface area (Å²) in [5, 5.41) is 7.42. The maximum Gasteiger partial charge on any atom is 0.359 e. The standard InChI is InChI=1S/C19H19N3O3/c1-13(14-8-4-3-5-9-14)22(2)17(23)12-25-19(24)18-15-10-6-7-11-16(15)20-21-18/h3-11,13H,12H2,1-2H3,(H,20,21). The number of amides is 1. The summed E-state index contributed by atoms with van der Waals surface area (Å²) in [5.41, 5.74) is 1.95. The van der Waals surface area contributed by atoms with E-state index >= 15 is 0 Å². The van der Waals surface area contributed by atoms with E-state index in [4.69, 9.17) is 4.74 Å². The molecule has 0 spiro atoms. The van der Waals surface area contributed by atoms with Crippen LogP contribution in [0.4, 0.5) is 0 Å². The minimum absolute atomic E-state index is 0.112. The topological polar surface area (TPSA) is 75.3 Å². The van der Waals surface area contributed by atoms with Crippen molar-refractivity contribution in [1.29, 1.82) is 0 Å². The first-order valence-electron chi connectivity index (χ1n) is 7.98. The predicted octanol–water partition coefficient (Wildman–Crippen LogP) is 2.94. The molecule has 1 N–H and O–H groups in total. The largest absolute Gasteiger partial charge is 0.451 e. The maximum atomic E-state index is 12.3. The second-order valence-corrected chi connectivity index (χ2v) is 5.79. The molecule has 0 radical (unpaired) electrons. The summed E-state index contributed by atoms with van der Waals surface area (Å²) < 4.78 is 5.15. The number of aromatic amines is 1. The first kappa shape index (κ1) is 16.7. The fraction of sp³-hybridized carbons (Fsp3) is 0.211. The number of carbonyl (C=O) groups excluding carboxylic acids is 2. The molecule has 2 aromatic carbocycles. The lowest BCUT2D eigenvalue weighted by Gasteiger charge is -2.25. The van der Waals surface area contributed by atoms with E-state index in [0.29, 0.717) is 5.39 Å². The molecule has 0 bridgehead atoms. The van der Waals surface area contributed by atoms with Gasteiger partial charge in [0.1, 0.15) is 0 Å². The Morgan fingerprint density at radius 1 is 1.12 bits per heavy atom. The maximum absolute atomic E-state index is 12.3. The number of para-hydroxylation sites is 1. The Labute approximate surface area is 145 Å². The number of hydrogen-bond donors (Lipinski definition) is 1. The van der Waals surface area contributed by atoms with Gasteiger partial charge < -0.3 is 9.64 Å². The number of nitrogens with one attached hydrogen (secondary N) is 1. The van der Waals surface area contributed by atoms with E-state index in [1.54, 1.807) is 18.0 Å². The molecule has 25 heavy (non-hydrogen) atoms. The van der Waals surface area contributed by atoms with Gasteiger partial charge in [-0.2, -0.15) is 5.10 Å². The number of rotatable bonds is 5. The molecular weight excluding hydrogens is 318 g/mol. The lowest BCUT2D eigenvalue weighted by molar-refractivity contribution is -0.135. The molecule has 0 aliphatic rings. The van der Waals surface area contributed by atoms with Crippen LogP contribution in [0.2, 0.25) is 0 Å². The van der Waals surface area contributed by atoms with Gasteiger partial charge in [0.2, 0.25) is 0 Å². The minimum Gasteiger partial charge on any atom is -0.451 e. The molecule has 6 nitrogen and oxygen atoms in total. The number of nitrogens with zero attached hydrogens (tertiary/aromatic N) is 2. The highest BCUT2D eigenvalue weighted by Gasteiger charge is 2.21. The van der Waals surface area contributed by atoms with Gasteiger partial charge in [-0.3, -0.25) is 9.89 Å². The van der Waals surface area contributed by atoms with Gasteiger partial charge in [-0.05, 0) is 18.6 Å². The molecule has 3 rings (SSSR count). The van der Waals surface area contributed by atoms with E-state index in [9.17, 15) is 9.59 Å². The molecule has 1 atom stereocenters. The highest BCUT2D eigenvalue weighted by atomic mass is 16.5. The number of carbonyl (C=O) groups is 2. The molecule has 6 heteroatoms. The van der Waals surface area contributed by atoms with Crippen molar-refractivity contribution in [1.82, 2.24) is 15.1 Å². The predicted molar refractivity (Wildman–Crippen MR) is 94.0 cm³/mol. The van der Waals surface area contributed by atoms with Crippen LogP contribution >= 0.6 is 0 Å². The molecule has 128 valence electrons. The lowest BCUT2D eigenvalue weighted by atomic mass is 10.1. The molecule has 0 fully saturated rings. The number of ether oxygens (including phenoxy) is 1. The van der Waals surface area contributed by atoms with Crippen LogP contribution in [0.25, 0.3) is 10.9 Å². The fourth-order valence-electron chi connectivity index (χ4n) is 2.59. The van der Waals surface area contributed by atoms with Gasteiger partial charge in [0.15, 0.2) is 12.3 Å². The number of likely N-dealkylation sites (N-methyl/N-ethyl adjacent to an activating group) is 1. The average molecular weight is 337 g/mol. The van der Waals surface area contributed by atoms with Crippen molar-refractivity contribution < 1.29 is 14.3 Å². The van der Waals surface area contributed by atoms with Gasteiger partial charge in [-0.25, -0.2) is 4.79 Å². The number of hydrogen-bond acceptors (Lipinski definition) is 4. The SMILES string of the molecule is CC(c1ccccc1)N(C)C(=O)COC(=O)c1n[nH]c2ccccc12. The van der Waals surface area contributed by atoms with E-state index in [0.717, 1.165) is 11.1 Å². The van der Waals surface area contributed by atoms with Crippen LogP contribution in [0, 0.1) is 0 Å². The quantitative estimate of drug-likeness (QED) is 0.726. The molecule has 0 saturated heterocycles. The minimum atomic E-state index is -0.619. The third-order valence-corrected chi connectivity index (χ3v) is 4.25. The summed E-state index contributed by atoms with van der Waals surface area (Å²) in [5.74, 6) is -0.892. The Morgan fingerprint density at radius 3 is 2.56 bits per heavy atom. The van der Waals surface area contributed by atoms with E-state index < -0.39 is 5.97 Å². The van der Waals surface area contributed by atoms with E-state index in [1.165, 1.54) is 0 Å². The summed E-state index contributed by atoms with van der Waals surface area (Å²) in [6, 6.07) is 16.8. The van der Waals surface area contributed by atoms with Crippen molar-refractivity contribution in [3.8, 4) is 0 Å². The van der Waals surface area contributed by atoms with Crippen molar-refractivity contribution in [2.75, 3.05) is 13.7 Å². The number of esters is 1. The van der Waals surface area contributed by atoms with Crippen LogP contribution < -0.4 is 0 Å². The van der Waals surface area contributed by atoms with Crippen LogP contribution in [0.3, 0.4) is 0 Å². The normalized spacial score (nSPS) is 11.9. The number of H-pyrrole nitrogens is 1. The summed E-state index contributed by atoms with van der Waals surface area (Å²) in [7, 11) is 1.69. The van der Waals surface area contributed by atoms with Gasteiger partial charge in [0.25, 0.3) is 5.91 Å². The van der Waals surface area contributed by atoms with Crippen molar-refractivity contribution >= 4 is 22.8 Å². The smallest absolute Gasteiger partial charge is 0.359 e. The highest BCUT2D eigenvalue weighted by molar-refractivity contribution is 6.02. The Hall–Kier alpha value is -3.15. The first-order chi connectivity index (χ1) is 12.1.